The normalized spacial score (nSPS) is 12.5. The lowest BCUT2D eigenvalue weighted by atomic mass is 10.1. The van der Waals surface area contributed by atoms with Crippen LogP contribution >= 0.6 is 11.6 Å². The molecule has 1 unspecified atom stereocenters. The molecule has 10 heteroatoms. The van der Waals surface area contributed by atoms with E-state index in [1.54, 1.807) is 64.1 Å². The molecule has 2 amide bonds. The first-order valence-electron chi connectivity index (χ1n) is 12.4. The molecule has 0 bridgehead atoms. The Balaban J connectivity index is 2.06. The van der Waals surface area contributed by atoms with E-state index in [-0.39, 0.29) is 22.7 Å². The topological polar surface area (TPSA) is 86.8 Å². The van der Waals surface area contributed by atoms with Crippen LogP contribution in [0.25, 0.3) is 0 Å². The van der Waals surface area contributed by atoms with Crippen LogP contribution in [0.3, 0.4) is 0 Å². The average Bonchev–Trinajstić information content (AvgIpc) is 2.87. The Morgan fingerprint density at radius 3 is 2.21 bits per heavy atom. The van der Waals surface area contributed by atoms with Gasteiger partial charge in [-0.2, -0.15) is 0 Å². The molecule has 0 heterocycles. The molecule has 0 saturated carbocycles. The first-order chi connectivity index (χ1) is 18.2. The van der Waals surface area contributed by atoms with Crippen molar-refractivity contribution in [2.75, 3.05) is 10.8 Å². The van der Waals surface area contributed by atoms with Crippen molar-refractivity contribution in [3.05, 3.63) is 94.8 Å². The maximum atomic E-state index is 14.6. The third kappa shape index (κ3) is 7.58. The van der Waals surface area contributed by atoms with Gasteiger partial charge in [-0.1, -0.05) is 54.1 Å². The summed E-state index contributed by atoms with van der Waals surface area (Å²) < 4.78 is 43.1. The molecule has 0 aliphatic rings. The van der Waals surface area contributed by atoms with Gasteiger partial charge in [0.15, 0.2) is 0 Å². The molecular formula is C29H33ClFN3O4S. The summed E-state index contributed by atoms with van der Waals surface area (Å²) in [6.07, 6.45) is 0. The molecule has 0 aromatic heterocycles. The molecule has 7 nitrogen and oxygen atoms in total. The number of carbonyl (C=O) groups is 2. The fourth-order valence-electron chi connectivity index (χ4n) is 3.85. The van der Waals surface area contributed by atoms with Crippen molar-refractivity contribution in [1.82, 2.24) is 10.2 Å². The van der Waals surface area contributed by atoms with Gasteiger partial charge in [-0.05, 0) is 70.5 Å². The minimum absolute atomic E-state index is 0.0197. The Morgan fingerprint density at radius 2 is 1.62 bits per heavy atom. The Kier molecular flexibility index (Phi) is 9.40. The minimum Gasteiger partial charge on any atom is -0.350 e. The fourth-order valence-corrected chi connectivity index (χ4v) is 5.45. The highest BCUT2D eigenvalue weighted by Gasteiger charge is 2.33. The van der Waals surface area contributed by atoms with E-state index in [0.29, 0.717) is 5.02 Å². The number of carbonyl (C=O) groups excluding carboxylic acids is 2. The Morgan fingerprint density at radius 1 is 1.00 bits per heavy atom. The molecule has 39 heavy (non-hydrogen) atoms. The van der Waals surface area contributed by atoms with Gasteiger partial charge in [-0.15, -0.1) is 0 Å². The molecule has 3 aromatic rings. The third-order valence-corrected chi connectivity index (χ3v) is 8.21. The van der Waals surface area contributed by atoms with Crippen LogP contribution in [0.15, 0.2) is 77.7 Å². The van der Waals surface area contributed by atoms with Crippen molar-refractivity contribution < 1.29 is 22.4 Å². The number of hydrogen-bond acceptors (Lipinski definition) is 4. The fraction of sp³-hybridized carbons (Fsp3) is 0.310. The second-order valence-corrected chi connectivity index (χ2v) is 12.6. The molecule has 3 rings (SSSR count). The minimum atomic E-state index is -4.22. The molecule has 0 fully saturated rings. The van der Waals surface area contributed by atoms with Crippen molar-refractivity contribution in [2.24, 2.45) is 0 Å². The molecule has 0 aliphatic heterocycles. The third-order valence-electron chi connectivity index (χ3n) is 6.02. The van der Waals surface area contributed by atoms with Gasteiger partial charge < -0.3 is 10.2 Å². The molecule has 0 saturated heterocycles. The highest BCUT2D eigenvalue weighted by Crippen LogP contribution is 2.28. The number of benzene rings is 3. The van der Waals surface area contributed by atoms with E-state index in [0.717, 1.165) is 9.87 Å². The van der Waals surface area contributed by atoms with Gasteiger partial charge in [0.05, 0.1) is 10.6 Å². The van der Waals surface area contributed by atoms with Crippen LogP contribution in [-0.2, 0) is 26.2 Å². The van der Waals surface area contributed by atoms with Gasteiger partial charge in [-0.25, -0.2) is 12.8 Å². The van der Waals surface area contributed by atoms with Crippen LogP contribution in [-0.4, -0.2) is 43.3 Å². The average molecular weight is 574 g/mol. The van der Waals surface area contributed by atoms with E-state index in [2.05, 4.69) is 5.32 Å². The highest BCUT2D eigenvalue weighted by atomic mass is 35.5. The summed E-state index contributed by atoms with van der Waals surface area (Å²) in [4.78, 5) is 28.1. The van der Waals surface area contributed by atoms with Crippen molar-refractivity contribution in [2.45, 2.75) is 57.6 Å². The molecule has 0 radical (unpaired) electrons. The van der Waals surface area contributed by atoms with Crippen LogP contribution < -0.4 is 9.62 Å². The van der Waals surface area contributed by atoms with Gasteiger partial charge in [0.1, 0.15) is 18.4 Å². The number of aryl methyl sites for hydroxylation is 1. The first kappa shape index (κ1) is 30.1. The molecule has 208 valence electrons. The molecule has 0 spiro atoms. The lowest BCUT2D eigenvalue weighted by molar-refractivity contribution is -0.140. The largest absolute Gasteiger partial charge is 0.350 e. The van der Waals surface area contributed by atoms with E-state index in [9.17, 15) is 22.4 Å². The predicted molar refractivity (Wildman–Crippen MR) is 151 cm³/mol. The van der Waals surface area contributed by atoms with Crippen LogP contribution in [0.2, 0.25) is 5.02 Å². The zero-order chi connectivity index (χ0) is 29.0. The second-order valence-electron chi connectivity index (χ2n) is 10.3. The number of amides is 2. The van der Waals surface area contributed by atoms with Gasteiger partial charge >= 0.3 is 0 Å². The van der Waals surface area contributed by atoms with Crippen LogP contribution in [0.4, 0.5) is 10.1 Å². The summed E-state index contributed by atoms with van der Waals surface area (Å²) in [6, 6.07) is 17.3. The van der Waals surface area contributed by atoms with E-state index in [1.807, 2.05) is 0 Å². The molecule has 3 aromatic carbocycles. The Hall–Kier alpha value is -3.43. The standard InChI is InChI=1S/C29H33ClFN3O4S/c1-20-15-16-23(17-25(20)30)34(39(37,38)24-12-7-6-8-13-24)19-27(35)33(18-22-11-9-10-14-26(22)31)21(2)28(36)32-29(3,4)5/h6-17,21H,18-19H2,1-5H3,(H,32,36). The Bertz CT molecular complexity index is 1440. The number of anilines is 1. The van der Waals surface area contributed by atoms with Gasteiger partial charge in [-0.3, -0.25) is 13.9 Å². The van der Waals surface area contributed by atoms with E-state index >= 15 is 0 Å². The van der Waals surface area contributed by atoms with Crippen LogP contribution in [0, 0.1) is 12.7 Å². The van der Waals surface area contributed by atoms with Gasteiger partial charge in [0.25, 0.3) is 10.0 Å². The SMILES string of the molecule is Cc1ccc(N(CC(=O)N(Cc2ccccc2F)C(C)C(=O)NC(C)(C)C)S(=O)(=O)c2ccccc2)cc1Cl. The lowest BCUT2D eigenvalue weighted by Crippen LogP contribution is -2.54. The maximum Gasteiger partial charge on any atom is 0.264 e. The summed E-state index contributed by atoms with van der Waals surface area (Å²) in [5, 5.41) is 3.16. The van der Waals surface area contributed by atoms with Crippen molar-refractivity contribution >= 4 is 39.1 Å². The summed E-state index contributed by atoms with van der Waals surface area (Å²) in [7, 11) is -4.22. The number of sulfonamides is 1. The number of hydrogen-bond donors (Lipinski definition) is 1. The maximum absolute atomic E-state index is 14.6. The summed E-state index contributed by atoms with van der Waals surface area (Å²) in [5.74, 6) is -1.69. The van der Waals surface area contributed by atoms with Gasteiger partial charge in [0, 0.05) is 22.7 Å². The second kappa shape index (κ2) is 12.2. The zero-order valence-electron chi connectivity index (χ0n) is 22.6. The van der Waals surface area contributed by atoms with E-state index in [1.165, 1.54) is 48.2 Å². The summed E-state index contributed by atoms with van der Waals surface area (Å²) >= 11 is 6.32. The monoisotopic (exact) mass is 573 g/mol. The predicted octanol–water partition coefficient (Wildman–Crippen LogP) is 5.31. The summed E-state index contributed by atoms with van der Waals surface area (Å²) in [6.45, 7) is 7.83. The quantitative estimate of drug-likeness (QED) is 0.376. The van der Waals surface area contributed by atoms with Crippen LogP contribution in [0.5, 0.6) is 0 Å². The Labute approximate surface area is 234 Å². The molecule has 1 N–H and O–H groups in total. The lowest BCUT2D eigenvalue weighted by Gasteiger charge is -2.33. The van der Waals surface area contributed by atoms with Crippen molar-refractivity contribution in [3.8, 4) is 0 Å². The number of halogens is 2. The summed E-state index contributed by atoms with van der Waals surface area (Å²) in [5.41, 5.74) is 0.523. The van der Waals surface area contributed by atoms with Gasteiger partial charge in [0.2, 0.25) is 11.8 Å². The number of nitrogens with one attached hydrogen (secondary N) is 1. The molecule has 0 aliphatic carbocycles. The van der Waals surface area contributed by atoms with E-state index < -0.39 is 45.8 Å². The highest BCUT2D eigenvalue weighted by molar-refractivity contribution is 7.92. The molecular weight excluding hydrogens is 541 g/mol. The van der Waals surface area contributed by atoms with Crippen molar-refractivity contribution in [3.63, 3.8) is 0 Å². The smallest absolute Gasteiger partial charge is 0.264 e. The van der Waals surface area contributed by atoms with Crippen LogP contribution in [0.1, 0.15) is 38.8 Å². The van der Waals surface area contributed by atoms with E-state index in [4.69, 9.17) is 11.6 Å². The molecule has 1 atom stereocenters. The van der Waals surface area contributed by atoms with Crippen molar-refractivity contribution in [1.29, 1.82) is 0 Å². The number of nitrogens with zero attached hydrogens (tertiary/aromatic N) is 2. The first-order valence-corrected chi connectivity index (χ1v) is 14.2. The number of rotatable bonds is 9. The zero-order valence-corrected chi connectivity index (χ0v) is 24.2.